The summed E-state index contributed by atoms with van der Waals surface area (Å²) in [7, 11) is 0. The van der Waals surface area contributed by atoms with E-state index in [0.29, 0.717) is 38.8 Å². The molecule has 0 aliphatic carbocycles. The Bertz CT molecular complexity index is 1360. The molecule has 0 radical (unpaired) electrons. The predicted molar refractivity (Wildman–Crippen MR) is 134 cm³/mol. The van der Waals surface area contributed by atoms with Crippen LogP contribution in [0.3, 0.4) is 0 Å². The van der Waals surface area contributed by atoms with Crippen LogP contribution in [0.2, 0.25) is 5.02 Å². The first kappa shape index (κ1) is 24.0. The second kappa shape index (κ2) is 10.4. The van der Waals surface area contributed by atoms with Crippen LogP contribution in [-0.2, 0) is 15.3 Å². The minimum atomic E-state index is -0.689. The number of carbonyl (C=O) groups excluding carboxylic acids is 2. The number of hydrogen-bond acceptors (Lipinski definition) is 9. The molecule has 1 atom stereocenters. The van der Waals surface area contributed by atoms with E-state index in [9.17, 15) is 9.59 Å². The monoisotopic (exact) mass is 516 g/mol. The first-order valence-electron chi connectivity index (χ1n) is 10.3. The molecule has 4 aromatic rings. The molecule has 0 aliphatic rings. The van der Waals surface area contributed by atoms with E-state index in [4.69, 9.17) is 22.1 Å². The van der Waals surface area contributed by atoms with Crippen LogP contribution in [0.25, 0.3) is 10.2 Å². The fraction of sp³-hybridized carbons (Fsp3) is 0.227. The van der Waals surface area contributed by atoms with Gasteiger partial charge >= 0.3 is 5.97 Å². The predicted octanol–water partition coefficient (Wildman–Crippen LogP) is 4.79. The number of halogens is 1. The molecule has 3 N–H and O–H groups in total. The molecule has 2 heterocycles. The Morgan fingerprint density at radius 2 is 2.06 bits per heavy atom. The van der Waals surface area contributed by atoms with E-state index in [1.54, 1.807) is 36.6 Å². The summed E-state index contributed by atoms with van der Waals surface area (Å²) in [6, 6.07) is 11.9. The highest BCUT2D eigenvalue weighted by Gasteiger charge is 2.23. The van der Waals surface area contributed by atoms with Crippen LogP contribution in [0.15, 0.2) is 47.6 Å². The summed E-state index contributed by atoms with van der Waals surface area (Å²) in [5.41, 5.74) is 8.06. The third kappa shape index (κ3) is 5.16. The van der Waals surface area contributed by atoms with E-state index < -0.39 is 12.0 Å². The molecule has 9 nitrogen and oxygen atoms in total. The molecule has 12 heteroatoms. The van der Waals surface area contributed by atoms with Gasteiger partial charge in [0.2, 0.25) is 11.9 Å². The van der Waals surface area contributed by atoms with Gasteiger partial charge in [-0.3, -0.25) is 9.36 Å². The fourth-order valence-corrected chi connectivity index (χ4v) is 5.37. The summed E-state index contributed by atoms with van der Waals surface area (Å²) in [4.78, 5) is 29.4. The lowest BCUT2D eigenvalue weighted by molar-refractivity contribution is -0.118. The topological polar surface area (TPSA) is 125 Å². The maximum atomic E-state index is 13.0. The molecule has 2 aromatic carbocycles. The number of ether oxygens (including phenoxy) is 1. The van der Waals surface area contributed by atoms with Crippen LogP contribution in [0.4, 0.5) is 11.1 Å². The number of benzene rings is 2. The fourth-order valence-electron chi connectivity index (χ4n) is 3.16. The molecule has 0 spiro atoms. The molecule has 1 amide bonds. The van der Waals surface area contributed by atoms with Crippen molar-refractivity contribution in [2.45, 2.75) is 30.8 Å². The Labute approximate surface area is 208 Å². The first-order valence-corrected chi connectivity index (χ1v) is 12.5. The number of aromatic nitrogens is 4. The molecule has 2 aromatic heterocycles. The highest BCUT2D eigenvalue weighted by molar-refractivity contribution is 7.98. The number of rotatable bonds is 8. The van der Waals surface area contributed by atoms with Crippen LogP contribution < -0.4 is 11.1 Å². The maximum Gasteiger partial charge on any atom is 0.338 e. The lowest BCUT2D eigenvalue weighted by Gasteiger charge is -2.15. The number of thioether (sulfide) groups is 1. The average Bonchev–Trinajstić information content (AvgIpc) is 3.39. The molecule has 4 rings (SSSR count). The summed E-state index contributed by atoms with van der Waals surface area (Å²) >= 11 is 8.89. The zero-order chi connectivity index (χ0) is 24.2. The molecule has 176 valence electrons. The molecular weight excluding hydrogens is 496 g/mol. The first-order chi connectivity index (χ1) is 16.4. The Morgan fingerprint density at radius 3 is 2.82 bits per heavy atom. The van der Waals surface area contributed by atoms with Gasteiger partial charge in [0.25, 0.3) is 0 Å². The number of carbonyl (C=O) groups is 2. The summed E-state index contributed by atoms with van der Waals surface area (Å²) in [6.07, 6.45) is 0. The van der Waals surface area contributed by atoms with Crippen molar-refractivity contribution in [3.63, 3.8) is 0 Å². The van der Waals surface area contributed by atoms with Crippen LogP contribution >= 0.6 is 34.7 Å². The number of hydrogen-bond donors (Lipinski definition) is 2. The highest BCUT2D eigenvalue weighted by Crippen LogP contribution is 2.31. The number of amides is 1. The highest BCUT2D eigenvalue weighted by atomic mass is 35.5. The van der Waals surface area contributed by atoms with Crippen molar-refractivity contribution >= 4 is 67.9 Å². The van der Waals surface area contributed by atoms with Crippen LogP contribution in [-0.4, -0.2) is 38.2 Å². The number of nitrogens with zero attached hydrogens (tertiary/aromatic N) is 4. The molecule has 0 bridgehead atoms. The van der Waals surface area contributed by atoms with Gasteiger partial charge < -0.3 is 15.8 Å². The van der Waals surface area contributed by atoms with Crippen LogP contribution in [0, 0.1) is 0 Å². The average molecular weight is 517 g/mol. The number of thiazole rings is 1. The third-order valence-electron chi connectivity index (χ3n) is 4.90. The molecule has 0 fully saturated rings. The van der Waals surface area contributed by atoms with Gasteiger partial charge in [0, 0.05) is 10.8 Å². The van der Waals surface area contributed by atoms with E-state index in [0.717, 1.165) is 10.3 Å². The summed E-state index contributed by atoms with van der Waals surface area (Å²) in [5.74, 6) is -0.0438. The molecular formula is C22H21ClN6O3S2. The Hall–Kier alpha value is -3.15. The van der Waals surface area contributed by atoms with E-state index >= 15 is 0 Å². The lowest BCUT2D eigenvalue weighted by atomic mass is 10.2. The summed E-state index contributed by atoms with van der Waals surface area (Å²) < 4.78 is 7.37. The zero-order valence-corrected chi connectivity index (χ0v) is 20.7. The van der Waals surface area contributed by atoms with Gasteiger partial charge in [-0.1, -0.05) is 52.9 Å². The van der Waals surface area contributed by atoms with Crippen LogP contribution in [0.5, 0.6) is 0 Å². The largest absolute Gasteiger partial charge is 0.462 e. The van der Waals surface area contributed by atoms with Crippen molar-refractivity contribution in [1.29, 1.82) is 0 Å². The van der Waals surface area contributed by atoms with E-state index in [1.165, 1.54) is 23.1 Å². The smallest absolute Gasteiger partial charge is 0.338 e. The van der Waals surface area contributed by atoms with E-state index in [2.05, 4.69) is 20.5 Å². The van der Waals surface area contributed by atoms with Gasteiger partial charge in [-0.25, -0.2) is 9.78 Å². The number of nitrogen functional groups attached to an aromatic ring is 1. The number of nitrogens with two attached hydrogens (primary N) is 1. The minimum absolute atomic E-state index is 0.132. The second-order valence-electron chi connectivity index (χ2n) is 7.18. The minimum Gasteiger partial charge on any atom is -0.462 e. The van der Waals surface area contributed by atoms with Crippen molar-refractivity contribution in [1.82, 2.24) is 19.7 Å². The quantitative estimate of drug-likeness (QED) is 0.253. The molecule has 1 unspecified atom stereocenters. The molecule has 0 saturated carbocycles. The van der Waals surface area contributed by atoms with Gasteiger partial charge in [-0.2, -0.15) is 0 Å². The van der Waals surface area contributed by atoms with Crippen molar-refractivity contribution in [3.8, 4) is 0 Å². The number of esters is 1. The number of anilines is 2. The van der Waals surface area contributed by atoms with Gasteiger partial charge in [0.15, 0.2) is 10.3 Å². The third-order valence-corrected chi connectivity index (χ3v) is 7.20. The number of fused-ring (bicyclic) bond motifs is 1. The standard InChI is InChI=1S/C22H21ClN6O3S2/c1-3-32-19(31)13-8-9-16-17(10-13)34-21(25-16)26-18(30)12(2)29-20(24)27-28-22(29)33-11-14-6-4-5-7-15(14)23/h4-10,12H,3,11H2,1-2H3,(H2,24,27)(H,25,26,30). The van der Waals surface area contributed by atoms with Crippen molar-refractivity contribution in [3.05, 3.63) is 58.6 Å². The summed E-state index contributed by atoms with van der Waals surface area (Å²) in [6.45, 7) is 3.76. The van der Waals surface area contributed by atoms with E-state index in [1.807, 2.05) is 24.3 Å². The van der Waals surface area contributed by atoms with Crippen LogP contribution in [0.1, 0.15) is 35.8 Å². The molecule has 34 heavy (non-hydrogen) atoms. The van der Waals surface area contributed by atoms with Crippen molar-refractivity contribution in [2.75, 3.05) is 17.7 Å². The van der Waals surface area contributed by atoms with E-state index in [-0.39, 0.29) is 11.9 Å². The zero-order valence-electron chi connectivity index (χ0n) is 18.3. The Kier molecular flexibility index (Phi) is 7.35. The SMILES string of the molecule is CCOC(=O)c1ccc2nc(NC(=O)C(C)n3c(N)nnc3SCc3ccccc3Cl)sc2c1. The lowest BCUT2D eigenvalue weighted by Crippen LogP contribution is -2.25. The normalized spacial score (nSPS) is 12.0. The number of nitrogens with one attached hydrogen (secondary N) is 1. The van der Waals surface area contributed by atoms with Crippen molar-refractivity contribution < 1.29 is 14.3 Å². The molecule has 0 saturated heterocycles. The Balaban J connectivity index is 1.48. The molecule has 0 aliphatic heterocycles. The second-order valence-corrected chi connectivity index (χ2v) is 9.56. The van der Waals surface area contributed by atoms with Gasteiger partial charge in [0.1, 0.15) is 6.04 Å². The van der Waals surface area contributed by atoms with Gasteiger partial charge in [-0.15, -0.1) is 10.2 Å². The van der Waals surface area contributed by atoms with Gasteiger partial charge in [-0.05, 0) is 43.7 Å². The van der Waals surface area contributed by atoms with Crippen molar-refractivity contribution in [2.24, 2.45) is 0 Å². The maximum absolute atomic E-state index is 13.0. The summed E-state index contributed by atoms with van der Waals surface area (Å²) in [5, 5.41) is 12.4. The Morgan fingerprint density at radius 1 is 1.26 bits per heavy atom. The van der Waals surface area contributed by atoms with Gasteiger partial charge in [0.05, 0.1) is 22.4 Å².